The molecule has 1 aliphatic heterocycles. The second-order valence-corrected chi connectivity index (χ2v) is 4.65. The van der Waals surface area contributed by atoms with Gasteiger partial charge in [0.15, 0.2) is 5.16 Å². The molecule has 1 aliphatic rings. The van der Waals surface area contributed by atoms with E-state index in [9.17, 15) is 0 Å². The molecule has 0 aromatic carbocycles. The maximum Gasteiger partial charge on any atom is 0.322 e. The summed E-state index contributed by atoms with van der Waals surface area (Å²) >= 11 is 1.54. The first-order valence-corrected chi connectivity index (χ1v) is 6.04. The van der Waals surface area contributed by atoms with Gasteiger partial charge in [0.1, 0.15) is 0 Å². The zero-order chi connectivity index (χ0) is 11.4. The lowest BCUT2D eigenvalue weighted by molar-refractivity contribution is 0.0454. The van der Waals surface area contributed by atoms with Gasteiger partial charge in [0.2, 0.25) is 5.95 Å². The Morgan fingerprint density at radius 2 is 2.25 bits per heavy atom. The van der Waals surface area contributed by atoms with Gasteiger partial charge in [-0.2, -0.15) is 15.0 Å². The van der Waals surface area contributed by atoms with E-state index in [-0.39, 0.29) is 5.95 Å². The average Bonchev–Trinajstić information content (AvgIpc) is 2.20. The lowest BCUT2D eigenvalue weighted by Crippen LogP contribution is -2.30. The third-order valence-corrected chi connectivity index (χ3v) is 2.93. The lowest BCUT2D eigenvalue weighted by Gasteiger charge is -2.24. The van der Waals surface area contributed by atoms with Crippen molar-refractivity contribution < 1.29 is 9.47 Å². The Balaban J connectivity index is 2.02. The van der Waals surface area contributed by atoms with Crippen LogP contribution < -0.4 is 10.5 Å². The summed E-state index contributed by atoms with van der Waals surface area (Å²) in [4.78, 5) is 12.1. The molecule has 1 fully saturated rings. The van der Waals surface area contributed by atoms with Crippen molar-refractivity contribution in [2.45, 2.75) is 23.8 Å². The van der Waals surface area contributed by atoms with E-state index in [2.05, 4.69) is 15.0 Å². The van der Waals surface area contributed by atoms with Gasteiger partial charge in [-0.15, -0.1) is 0 Å². The molecule has 0 bridgehead atoms. The maximum absolute atomic E-state index is 5.58. The molecule has 7 heteroatoms. The minimum absolute atomic E-state index is 0.198. The predicted octanol–water partition coefficient (Wildman–Crippen LogP) is 0.733. The highest BCUT2D eigenvalue weighted by Crippen LogP contribution is 2.26. The number of hydrogen-bond donors (Lipinski definition) is 1. The van der Waals surface area contributed by atoms with Crippen LogP contribution in [0.4, 0.5) is 5.95 Å². The smallest absolute Gasteiger partial charge is 0.322 e. The summed E-state index contributed by atoms with van der Waals surface area (Å²) < 4.78 is 10.4. The Kier molecular flexibility index (Phi) is 3.79. The molecule has 0 atom stereocenters. The molecular formula is C9H14N4O2S. The molecular weight excluding hydrogens is 228 g/mol. The fourth-order valence-corrected chi connectivity index (χ4v) is 2.00. The molecule has 2 N–H and O–H groups in total. The standard InChI is InChI=1S/C9H14N4O2S/c1-2-3-15-8-11-7(10)12-9(13-8)16-6-4-14-5-6/h6H,2-5H2,1H3,(H2,10,11,12,13). The average molecular weight is 242 g/mol. The van der Waals surface area contributed by atoms with Gasteiger partial charge >= 0.3 is 6.01 Å². The largest absolute Gasteiger partial charge is 0.463 e. The first-order valence-electron chi connectivity index (χ1n) is 5.16. The highest BCUT2D eigenvalue weighted by atomic mass is 32.2. The molecule has 0 radical (unpaired) electrons. The van der Waals surface area contributed by atoms with E-state index < -0.39 is 0 Å². The molecule has 1 aromatic heterocycles. The summed E-state index contributed by atoms with van der Waals surface area (Å²) in [6.45, 7) is 4.08. The van der Waals surface area contributed by atoms with Crippen LogP contribution in [-0.2, 0) is 4.74 Å². The number of ether oxygens (including phenoxy) is 2. The Hall–Kier alpha value is -1.08. The van der Waals surface area contributed by atoms with Crippen molar-refractivity contribution in [1.82, 2.24) is 15.0 Å². The number of aromatic nitrogens is 3. The molecule has 0 aliphatic carbocycles. The van der Waals surface area contributed by atoms with E-state index in [0.717, 1.165) is 19.6 Å². The van der Waals surface area contributed by atoms with Crippen LogP contribution in [0.2, 0.25) is 0 Å². The molecule has 1 aromatic rings. The normalized spacial score (nSPS) is 15.8. The second kappa shape index (κ2) is 5.31. The minimum Gasteiger partial charge on any atom is -0.463 e. The van der Waals surface area contributed by atoms with Gasteiger partial charge in [-0.3, -0.25) is 0 Å². The van der Waals surface area contributed by atoms with Crippen molar-refractivity contribution in [1.29, 1.82) is 0 Å². The third-order valence-electron chi connectivity index (χ3n) is 1.93. The number of nitrogens with two attached hydrogens (primary N) is 1. The van der Waals surface area contributed by atoms with Gasteiger partial charge in [0, 0.05) is 0 Å². The number of anilines is 1. The fourth-order valence-electron chi connectivity index (χ4n) is 1.09. The fraction of sp³-hybridized carbons (Fsp3) is 0.667. The SMILES string of the molecule is CCCOc1nc(N)nc(SC2COC2)n1. The van der Waals surface area contributed by atoms with Gasteiger partial charge < -0.3 is 15.2 Å². The van der Waals surface area contributed by atoms with Crippen LogP contribution in [-0.4, -0.2) is 40.0 Å². The number of nitrogens with zero attached hydrogens (tertiary/aromatic N) is 3. The van der Waals surface area contributed by atoms with E-state index in [1.165, 1.54) is 0 Å². The van der Waals surface area contributed by atoms with Crippen LogP contribution >= 0.6 is 11.8 Å². The zero-order valence-electron chi connectivity index (χ0n) is 9.05. The summed E-state index contributed by atoms with van der Waals surface area (Å²) in [6, 6.07) is 0.303. The maximum atomic E-state index is 5.58. The van der Waals surface area contributed by atoms with E-state index in [4.69, 9.17) is 15.2 Å². The van der Waals surface area contributed by atoms with Crippen LogP contribution in [0, 0.1) is 0 Å². The summed E-state index contributed by atoms with van der Waals surface area (Å²) in [7, 11) is 0. The summed E-state index contributed by atoms with van der Waals surface area (Å²) in [5, 5.41) is 1.02. The van der Waals surface area contributed by atoms with Gasteiger partial charge in [0.05, 0.1) is 25.1 Å². The van der Waals surface area contributed by atoms with E-state index in [1.54, 1.807) is 11.8 Å². The van der Waals surface area contributed by atoms with Crippen LogP contribution in [0.1, 0.15) is 13.3 Å². The van der Waals surface area contributed by atoms with Crippen molar-refractivity contribution >= 4 is 17.7 Å². The van der Waals surface area contributed by atoms with Crippen LogP contribution in [0.25, 0.3) is 0 Å². The second-order valence-electron chi connectivity index (χ2n) is 3.38. The highest BCUT2D eigenvalue weighted by Gasteiger charge is 2.21. The first kappa shape index (κ1) is 11.4. The topological polar surface area (TPSA) is 83.2 Å². The van der Waals surface area contributed by atoms with Crippen LogP contribution in [0.5, 0.6) is 6.01 Å². The number of hydrogen-bond acceptors (Lipinski definition) is 7. The third kappa shape index (κ3) is 2.96. The predicted molar refractivity (Wildman–Crippen MR) is 60.5 cm³/mol. The van der Waals surface area contributed by atoms with E-state index in [1.807, 2.05) is 6.92 Å². The van der Waals surface area contributed by atoms with Crippen molar-refractivity contribution in [2.75, 3.05) is 25.6 Å². The Labute approximate surface area is 98.0 Å². The summed E-state index contributed by atoms with van der Waals surface area (Å²) in [6.07, 6.45) is 0.907. The molecule has 0 saturated carbocycles. The van der Waals surface area contributed by atoms with Gasteiger partial charge in [-0.1, -0.05) is 18.7 Å². The first-order chi connectivity index (χ1) is 7.78. The highest BCUT2D eigenvalue weighted by molar-refractivity contribution is 7.99. The molecule has 2 rings (SSSR count). The summed E-state index contributed by atoms with van der Waals surface area (Å²) in [5.41, 5.74) is 5.58. The quantitative estimate of drug-likeness (QED) is 0.815. The molecule has 16 heavy (non-hydrogen) atoms. The van der Waals surface area contributed by atoms with Gasteiger partial charge in [0.25, 0.3) is 0 Å². The number of rotatable bonds is 5. The van der Waals surface area contributed by atoms with Crippen molar-refractivity contribution in [3.8, 4) is 6.01 Å². The van der Waals surface area contributed by atoms with Crippen LogP contribution in [0.15, 0.2) is 5.16 Å². The molecule has 88 valence electrons. The Morgan fingerprint density at radius 3 is 2.88 bits per heavy atom. The van der Waals surface area contributed by atoms with E-state index >= 15 is 0 Å². The van der Waals surface area contributed by atoms with E-state index in [0.29, 0.717) is 23.0 Å². The zero-order valence-corrected chi connectivity index (χ0v) is 9.87. The molecule has 0 amide bonds. The minimum atomic E-state index is 0.198. The van der Waals surface area contributed by atoms with Crippen LogP contribution in [0.3, 0.4) is 0 Å². The van der Waals surface area contributed by atoms with Gasteiger partial charge in [-0.25, -0.2) is 0 Å². The number of thioether (sulfide) groups is 1. The van der Waals surface area contributed by atoms with Crippen molar-refractivity contribution in [3.63, 3.8) is 0 Å². The molecule has 0 unspecified atom stereocenters. The van der Waals surface area contributed by atoms with Crippen molar-refractivity contribution in [3.05, 3.63) is 0 Å². The lowest BCUT2D eigenvalue weighted by atomic mass is 10.4. The molecule has 1 saturated heterocycles. The monoisotopic (exact) mass is 242 g/mol. The Morgan fingerprint density at radius 1 is 1.44 bits per heavy atom. The summed E-state index contributed by atoms with van der Waals surface area (Å²) in [5.74, 6) is 0.198. The molecule has 2 heterocycles. The van der Waals surface area contributed by atoms with Gasteiger partial charge in [-0.05, 0) is 6.42 Å². The van der Waals surface area contributed by atoms with Crippen molar-refractivity contribution in [2.24, 2.45) is 0 Å². The molecule has 6 nitrogen and oxygen atoms in total. The Bertz CT molecular complexity index is 359. The molecule has 0 spiro atoms. The number of nitrogen functional groups attached to an aromatic ring is 1.